The second-order valence-electron chi connectivity index (χ2n) is 5.05. The Morgan fingerprint density at radius 2 is 1.95 bits per heavy atom. The van der Waals surface area contributed by atoms with Crippen molar-refractivity contribution >= 4 is 23.6 Å². The molecular formula is C13H19N5O3. The summed E-state index contributed by atoms with van der Waals surface area (Å²) in [7, 11) is 3.71. The Morgan fingerprint density at radius 1 is 1.33 bits per heavy atom. The quantitative estimate of drug-likeness (QED) is 0.872. The van der Waals surface area contributed by atoms with Crippen LogP contribution < -0.4 is 10.2 Å². The van der Waals surface area contributed by atoms with Gasteiger partial charge in [-0.25, -0.2) is 14.8 Å². The van der Waals surface area contributed by atoms with Crippen molar-refractivity contribution in [3.63, 3.8) is 0 Å². The third-order valence-electron chi connectivity index (χ3n) is 3.10. The summed E-state index contributed by atoms with van der Waals surface area (Å²) in [5.41, 5.74) is 1.95. The van der Waals surface area contributed by atoms with Crippen LogP contribution in [0.1, 0.15) is 11.4 Å². The first-order valence-electron chi connectivity index (χ1n) is 6.62. The van der Waals surface area contributed by atoms with Gasteiger partial charge in [0.1, 0.15) is 13.2 Å². The monoisotopic (exact) mass is 293 g/mol. The molecule has 1 fully saturated rings. The summed E-state index contributed by atoms with van der Waals surface area (Å²) in [5.74, 6) is 0.298. The maximum absolute atomic E-state index is 12.0. The molecule has 8 nitrogen and oxygen atoms in total. The number of carbonyl (C=O) groups excluding carboxylic acids is 2. The lowest BCUT2D eigenvalue weighted by Gasteiger charge is -2.17. The summed E-state index contributed by atoms with van der Waals surface area (Å²) in [4.78, 5) is 35.1. The highest BCUT2D eigenvalue weighted by molar-refractivity contribution is 5.95. The number of amides is 2. The minimum absolute atomic E-state index is 0.0346. The number of anilines is 2. The van der Waals surface area contributed by atoms with Crippen molar-refractivity contribution in [2.45, 2.75) is 13.8 Å². The van der Waals surface area contributed by atoms with E-state index in [9.17, 15) is 9.59 Å². The molecule has 0 aromatic carbocycles. The summed E-state index contributed by atoms with van der Waals surface area (Å²) in [6.45, 7) is 4.33. The molecule has 1 aliphatic heterocycles. The highest BCUT2D eigenvalue weighted by atomic mass is 16.6. The van der Waals surface area contributed by atoms with Crippen LogP contribution in [-0.4, -0.2) is 60.7 Å². The summed E-state index contributed by atoms with van der Waals surface area (Å²) in [6, 6.07) is 0. The predicted molar refractivity (Wildman–Crippen MR) is 77.4 cm³/mol. The molecule has 8 heteroatoms. The van der Waals surface area contributed by atoms with Gasteiger partial charge in [0.2, 0.25) is 11.9 Å². The summed E-state index contributed by atoms with van der Waals surface area (Å²) in [5, 5.41) is 2.76. The molecule has 0 saturated carbocycles. The molecule has 114 valence electrons. The molecule has 21 heavy (non-hydrogen) atoms. The molecule has 1 aromatic heterocycles. The number of aromatic nitrogens is 2. The van der Waals surface area contributed by atoms with Crippen LogP contribution in [0.4, 0.5) is 16.4 Å². The van der Waals surface area contributed by atoms with E-state index in [0.29, 0.717) is 36.2 Å². The Morgan fingerprint density at radius 3 is 2.43 bits per heavy atom. The molecule has 1 aromatic rings. The summed E-state index contributed by atoms with van der Waals surface area (Å²) < 4.78 is 4.78. The molecule has 0 bridgehead atoms. The molecular weight excluding hydrogens is 274 g/mol. The molecule has 1 N–H and O–H groups in total. The van der Waals surface area contributed by atoms with E-state index >= 15 is 0 Å². The van der Waals surface area contributed by atoms with Crippen LogP contribution in [0.25, 0.3) is 0 Å². The molecule has 1 aliphatic rings. The molecule has 0 radical (unpaired) electrons. The zero-order chi connectivity index (χ0) is 15.6. The van der Waals surface area contributed by atoms with E-state index in [-0.39, 0.29) is 12.5 Å². The van der Waals surface area contributed by atoms with Gasteiger partial charge in [-0.05, 0) is 13.8 Å². The standard InChI is InChI=1S/C13H19N5O3/c1-8-11(9(2)15-12(14-8)17(3)4)16-10(19)7-18-5-6-21-13(18)20/h5-7H2,1-4H3,(H,16,19). The van der Waals surface area contributed by atoms with Crippen LogP contribution >= 0.6 is 0 Å². The zero-order valence-corrected chi connectivity index (χ0v) is 12.6. The molecule has 0 unspecified atom stereocenters. The number of cyclic esters (lactones) is 1. The van der Waals surface area contributed by atoms with Crippen LogP contribution in [-0.2, 0) is 9.53 Å². The van der Waals surface area contributed by atoms with Crippen molar-refractivity contribution < 1.29 is 14.3 Å². The summed E-state index contributed by atoms with van der Waals surface area (Å²) in [6.07, 6.45) is -0.460. The van der Waals surface area contributed by atoms with E-state index in [0.717, 1.165) is 0 Å². The molecule has 2 rings (SSSR count). The first-order chi connectivity index (χ1) is 9.88. The van der Waals surface area contributed by atoms with Gasteiger partial charge in [-0.1, -0.05) is 0 Å². The maximum atomic E-state index is 12.0. The minimum Gasteiger partial charge on any atom is -0.448 e. The van der Waals surface area contributed by atoms with E-state index in [1.54, 1.807) is 18.7 Å². The highest BCUT2D eigenvalue weighted by Crippen LogP contribution is 2.19. The molecule has 0 atom stereocenters. The number of hydrogen-bond donors (Lipinski definition) is 1. The van der Waals surface area contributed by atoms with Gasteiger partial charge in [0, 0.05) is 14.1 Å². The van der Waals surface area contributed by atoms with Crippen molar-refractivity contribution in [2.75, 3.05) is 44.0 Å². The van der Waals surface area contributed by atoms with Crippen molar-refractivity contribution in [3.8, 4) is 0 Å². The van der Waals surface area contributed by atoms with E-state index < -0.39 is 6.09 Å². The van der Waals surface area contributed by atoms with Gasteiger partial charge in [0.25, 0.3) is 0 Å². The SMILES string of the molecule is Cc1nc(N(C)C)nc(C)c1NC(=O)CN1CCOC1=O. The normalized spacial score (nSPS) is 14.1. The second-order valence-corrected chi connectivity index (χ2v) is 5.05. The lowest BCUT2D eigenvalue weighted by Crippen LogP contribution is -2.34. The average molecular weight is 293 g/mol. The van der Waals surface area contributed by atoms with Crippen molar-refractivity contribution in [2.24, 2.45) is 0 Å². The first-order valence-corrected chi connectivity index (χ1v) is 6.62. The van der Waals surface area contributed by atoms with Crippen LogP contribution in [0.5, 0.6) is 0 Å². The van der Waals surface area contributed by atoms with Gasteiger partial charge in [-0.3, -0.25) is 9.69 Å². The van der Waals surface area contributed by atoms with E-state index in [2.05, 4.69) is 15.3 Å². The Balaban J connectivity index is 2.08. The number of aryl methyl sites for hydroxylation is 2. The third-order valence-corrected chi connectivity index (χ3v) is 3.10. The number of rotatable bonds is 4. The van der Waals surface area contributed by atoms with Crippen molar-refractivity contribution in [3.05, 3.63) is 11.4 Å². The van der Waals surface area contributed by atoms with Crippen LogP contribution in [0.2, 0.25) is 0 Å². The molecule has 0 spiro atoms. The highest BCUT2D eigenvalue weighted by Gasteiger charge is 2.24. The van der Waals surface area contributed by atoms with E-state index in [4.69, 9.17) is 4.74 Å². The number of nitrogens with one attached hydrogen (secondary N) is 1. The Hall–Kier alpha value is -2.38. The van der Waals surface area contributed by atoms with Gasteiger partial charge >= 0.3 is 6.09 Å². The fraction of sp³-hybridized carbons (Fsp3) is 0.538. The lowest BCUT2D eigenvalue weighted by molar-refractivity contribution is -0.116. The van der Waals surface area contributed by atoms with Crippen molar-refractivity contribution in [1.82, 2.24) is 14.9 Å². The first kappa shape index (κ1) is 15.0. The van der Waals surface area contributed by atoms with E-state index in [1.165, 1.54) is 4.90 Å². The van der Waals surface area contributed by atoms with Crippen LogP contribution in [0, 0.1) is 13.8 Å². The molecule has 1 saturated heterocycles. The smallest absolute Gasteiger partial charge is 0.410 e. The Kier molecular flexibility index (Phi) is 4.25. The largest absolute Gasteiger partial charge is 0.448 e. The fourth-order valence-electron chi connectivity index (χ4n) is 2.00. The Labute approximate surface area is 123 Å². The Bertz CT molecular complexity index is 550. The number of hydrogen-bond acceptors (Lipinski definition) is 6. The number of ether oxygens (including phenoxy) is 1. The fourth-order valence-corrected chi connectivity index (χ4v) is 2.00. The van der Waals surface area contributed by atoms with Crippen LogP contribution in [0.3, 0.4) is 0 Å². The summed E-state index contributed by atoms with van der Waals surface area (Å²) >= 11 is 0. The molecule has 0 aliphatic carbocycles. The van der Waals surface area contributed by atoms with Gasteiger partial charge in [0.05, 0.1) is 23.6 Å². The molecule has 2 heterocycles. The van der Waals surface area contributed by atoms with Gasteiger partial charge in [0.15, 0.2) is 0 Å². The van der Waals surface area contributed by atoms with Gasteiger partial charge in [-0.15, -0.1) is 0 Å². The average Bonchev–Trinajstić information content (AvgIpc) is 2.79. The minimum atomic E-state index is -0.460. The number of carbonyl (C=O) groups is 2. The zero-order valence-electron chi connectivity index (χ0n) is 12.6. The van der Waals surface area contributed by atoms with Gasteiger partial charge in [-0.2, -0.15) is 0 Å². The lowest BCUT2D eigenvalue weighted by atomic mass is 10.2. The van der Waals surface area contributed by atoms with Crippen molar-refractivity contribution in [1.29, 1.82) is 0 Å². The number of nitrogens with zero attached hydrogens (tertiary/aromatic N) is 4. The maximum Gasteiger partial charge on any atom is 0.410 e. The second kappa shape index (κ2) is 5.94. The molecule has 2 amide bonds. The third kappa shape index (κ3) is 3.39. The van der Waals surface area contributed by atoms with E-state index in [1.807, 2.05) is 14.1 Å². The van der Waals surface area contributed by atoms with Crippen LogP contribution in [0.15, 0.2) is 0 Å². The predicted octanol–water partition coefficient (Wildman–Crippen LogP) is 0.550. The van der Waals surface area contributed by atoms with Gasteiger partial charge < -0.3 is 15.0 Å². The topological polar surface area (TPSA) is 87.7 Å².